The summed E-state index contributed by atoms with van der Waals surface area (Å²) < 4.78 is 5.24. The average Bonchev–Trinajstić information content (AvgIpc) is 2.43. The summed E-state index contributed by atoms with van der Waals surface area (Å²) in [6.07, 6.45) is 1.45. The van der Waals surface area contributed by atoms with Crippen molar-refractivity contribution in [2.24, 2.45) is 22.7 Å². The second-order valence-electron chi connectivity index (χ2n) is 6.39. The molecule has 0 bridgehead atoms. The van der Waals surface area contributed by atoms with Crippen molar-refractivity contribution in [3.63, 3.8) is 0 Å². The maximum atomic E-state index is 12.7. The third-order valence-electron chi connectivity index (χ3n) is 4.52. The molecule has 0 aliphatic heterocycles. The topological polar surface area (TPSA) is 87.4 Å². The molecule has 2 unspecified atom stereocenters. The predicted octanol–water partition coefficient (Wildman–Crippen LogP) is 3.63. The number of aliphatic carboxylic acids is 1. The van der Waals surface area contributed by atoms with Crippen molar-refractivity contribution in [3.05, 3.63) is 0 Å². The molecule has 0 rings (SSSR count). The summed E-state index contributed by atoms with van der Waals surface area (Å²) >= 11 is 0. The van der Waals surface area contributed by atoms with E-state index < -0.39 is 28.7 Å². The van der Waals surface area contributed by atoms with Crippen LogP contribution in [0.1, 0.15) is 60.8 Å². The van der Waals surface area contributed by atoms with E-state index in [9.17, 15) is 20.0 Å². The number of carbonyl (C=O) groups excluding carboxylic acids is 1. The molecule has 0 saturated carbocycles. The minimum Gasteiger partial charge on any atom is -0.481 e. The Balaban J connectivity index is 6.38. The van der Waals surface area contributed by atoms with Crippen molar-refractivity contribution in [1.29, 1.82) is 5.26 Å². The fourth-order valence-corrected chi connectivity index (χ4v) is 3.37. The summed E-state index contributed by atoms with van der Waals surface area (Å²) in [5.74, 6) is -2.66. The Kier molecular flexibility index (Phi) is 7.58. The first-order valence-corrected chi connectivity index (χ1v) is 8.00. The van der Waals surface area contributed by atoms with Gasteiger partial charge in [-0.3, -0.25) is 9.59 Å². The molecule has 0 aromatic heterocycles. The van der Waals surface area contributed by atoms with Gasteiger partial charge < -0.3 is 9.84 Å². The number of rotatable bonds is 9. The number of carboxylic acid groups (broad SMARTS) is 1. The normalized spacial score (nSPS) is 16.7. The van der Waals surface area contributed by atoms with Gasteiger partial charge in [0, 0.05) is 0 Å². The second-order valence-corrected chi connectivity index (χ2v) is 6.39. The molecule has 0 heterocycles. The number of nitriles is 1. The zero-order chi connectivity index (χ0) is 17.6. The standard InChI is InChI=1S/C17H29NO4/c1-7-9-16(12(3)4,14(19)20)17(11-18,13(5)6)15(21)22-10-8-2/h12-13H,7-10H2,1-6H3,(H,19,20). The second kappa shape index (κ2) is 8.17. The van der Waals surface area contributed by atoms with Gasteiger partial charge in [0.1, 0.15) is 0 Å². The van der Waals surface area contributed by atoms with Gasteiger partial charge in [-0.2, -0.15) is 5.26 Å². The van der Waals surface area contributed by atoms with Gasteiger partial charge in [0.05, 0.1) is 18.1 Å². The zero-order valence-electron chi connectivity index (χ0n) is 14.6. The van der Waals surface area contributed by atoms with Crippen molar-refractivity contribution in [2.45, 2.75) is 60.8 Å². The molecule has 2 atom stereocenters. The van der Waals surface area contributed by atoms with Crippen LogP contribution < -0.4 is 0 Å². The molecule has 0 saturated heterocycles. The van der Waals surface area contributed by atoms with Gasteiger partial charge in [0.2, 0.25) is 0 Å². The summed E-state index contributed by atoms with van der Waals surface area (Å²) in [4.78, 5) is 24.9. The minimum atomic E-state index is -1.70. The van der Waals surface area contributed by atoms with E-state index in [0.717, 1.165) is 0 Å². The molecule has 5 nitrogen and oxygen atoms in total. The molecule has 5 heteroatoms. The molecule has 126 valence electrons. The summed E-state index contributed by atoms with van der Waals surface area (Å²) in [6, 6.07) is 2.06. The van der Waals surface area contributed by atoms with Crippen LogP contribution in [0.25, 0.3) is 0 Å². The molecule has 0 amide bonds. The molecule has 0 fully saturated rings. The summed E-state index contributed by atoms with van der Waals surface area (Å²) in [6.45, 7) is 10.8. The van der Waals surface area contributed by atoms with Crippen LogP contribution in [0.5, 0.6) is 0 Å². The monoisotopic (exact) mass is 311 g/mol. The molecule has 0 aliphatic rings. The van der Waals surface area contributed by atoms with E-state index in [0.29, 0.717) is 12.8 Å². The van der Waals surface area contributed by atoms with Gasteiger partial charge in [-0.1, -0.05) is 48.0 Å². The fourth-order valence-electron chi connectivity index (χ4n) is 3.37. The molecule has 0 spiro atoms. The zero-order valence-corrected chi connectivity index (χ0v) is 14.6. The maximum Gasteiger partial charge on any atom is 0.327 e. The Bertz CT molecular complexity index is 438. The molecule has 1 N–H and O–H groups in total. The highest BCUT2D eigenvalue weighted by Gasteiger charge is 2.65. The first-order valence-electron chi connectivity index (χ1n) is 8.00. The van der Waals surface area contributed by atoms with Crippen molar-refractivity contribution in [1.82, 2.24) is 0 Å². The largest absolute Gasteiger partial charge is 0.481 e. The van der Waals surface area contributed by atoms with Crippen LogP contribution in [-0.2, 0) is 14.3 Å². The van der Waals surface area contributed by atoms with Crippen LogP contribution in [0.4, 0.5) is 0 Å². The van der Waals surface area contributed by atoms with E-state index in [-0.39, 0.29) is 18.9 Å². The number of ether oxygens (including phenoxy) is 1. The van der Waals surface area contributed by atoms with Crippen LogP contribution in [0.3, 0.4) is 0 Å². The lowest BCUT2D eigenvalue weighted by Crippen LogP contribution is -2.58. The molecule has 22 heavy (non-hydrogen) atoms. The lowest BCUT2D eigenvalue weighted by Gasteiger charge is -2.46. The Morgan fingerprint density at radius 3 is 1.95 bits per heavy atom. The van der Waals surface area contributed by atoms with Gasteiger partial charge in [-0.25, -0.2) is 0 Å². The summed E-state index contributed by atoms with van der Waals surface area (Å²) in [7, 11) is 0. The van der Waals surface area contributed by atoms with Crippen LogP contribution in [0, 0.1) is 34.0 Å². The van der Waals surface area contributed by atoms with Gasteiger partial charge >= 0.3 is 11.9 Å². The lowest BCUT2D eigenvalue weighted by molar-refractivity contribution is -0.182. The number of esters is 1. The Hall–Kier alpha value is -1.57. The SMILES string of the molecule is CCCOC(=O)C(C#N)(C(C)C)C(CCC)(C(=O)O)C(C)C. The van der Waals surface area contributed by atoms with Gasteiger partial charge in [-0.05, 0) is 24.7 Å². The van der Waals surface area contributed by atoms with E-state index >= 15 is 0 Å². The lowest BCUT2D eigenvalue weighted by atomic mass is 9.52. The highest BCUT2D eigenvalue weighted by molar-refractivity contribution is 5.90. The highest BCUT2D eigenvalue weighted by Crippen LogP contribution is 2.53. The smallest absolute Gasteiger partial charge is 0.327 e. The third kappa shape index (κ3) is 3.11. The number of carbonyl (C=O) groups is 2. The number of hydrogen-bond acceptors (Lipinski definition) is 4. The van der Waals surface area contributed by atoms with E-state index in [1.165, 1.54) is 0 Å². The summed E-state index contributed by atoms with van der Waals surface area (Å²) in [5.41, 5.74) is -3.16. The predicted molar refractivity (Wildman–Crippen MR) is 83.9 cm³/mol. The number of carboxylic acids is 1. The van der Waals surface area contributed by atoms with E-state index in [1.807, 2.05) is 13.8 Å². The first kappa shape index (κ1) is 20.4. The van der Waals surface area contributed by atoms with Crippen LogP contribution in [0.2, 0.25) is 0 Å². The Labute approximate surface area is 133 Å². The van der Waals surface area contributed by atoms with Crippen LogP contribution in [-0.4, -0.2) is 23.7 Å². The third-order valence-corrected chi connectivity index (χ3v) is 4.52. The van der Waals surface area contributed by atoms with Gasteiger partial charge in [-0.15, -0.1) is 0 Å². The average molecular weight is 311 g/mol. The molecule has 0 aromatic rings. The van der Waals surface area contributed by atoms with Crippen molar-refractivity contribution in [2.75, 3.05) is 6.61 Å². The number of nitrogens with zero attached hydrogens (tertiary/aromatic N) is 1. The molecule has 0 aliphatic carbocycles. The Morgan fingerprint density at radius 2 is 1.68 bits per heavy atom. The van der Waals surface area contributed by atoms with Crippen molar-refractivity contribution >= 4 is 11.9 Å². The maximum absolute atomic E-state index is 12.7. The van der Waals surface area contributed by atoms with Gasteiger partial charge in [0.15, 0.2) is 5.41 Å². The molecular weight excluding hydrogens is 282 g/mol. The van der Waals surface area contributed by atoms with Crippen molar-refractivity contribution in [3.8, 4) is 6.07 Å². The number of hydrogen-bond donors (Lipinski definition) is 1. The minimum absolute atomic E-state index is 0.189. The van der Waals surface area contributed by atoms with E-state index in [1.54, 1.807) is 27.7 Å². The van der Waals surface area contributed by atoms with E-state index in [2.05, 4.69) is 6.07 Å². The van der Waals surface area contributed by atoms with Crippen LogP contribution >= 0.6 is 0 Å². The fraction of sp³-hybridized carbons (Fsp3) is 0.824. The highest BCUT2D eigenvalue weighted by atomic mass is 16.5. The Morgan fingerprint density at radius 1 is 1.14 bits per heavy atom. The van der Waals surface area contributed by atoms with Crippen LogP contribution in [0.15, 0.2) is 0 Å². The summed E-state index contributed by atoms with van der Waals surface area (Å²) in [5, 5.41) is 19.8. The van der Waals surface area contributed by atoms with Gasteiger partial charge in [0.25, 0.3) is 0 Å². The first-order chi connectivity index (χ1) is 10.2. The van der Waals surface area contributed by atoms with Crippen molar-refractivity contribution < 1.29 is 19.4 Å². The quantitative estimate of drug-likeness (QED) is 0.657. The molecular formula is C17H29NO4. The molecule has 0 aromatic carbocycles. The molecule has 0 radical (unpaired) electrons. The van der Waals surface area contributed by atoms with E-state index in [4.69, 9.17) is 4.74 Å².